The second-order valence-electron chi connectivity index (χ2n) is 8.86. The van der Waals surface area contributed by atoms with Gasteiger partial charge in [0.05, 0.1) is 11.0 Å². The lowest BCUT2D eigenvalue weighted by Gasteiger charge is -2.11. The Hall–Kier alpha value is -3.78. The Bertz CT molecular complexity index is 1580. The van der Waals surface area contributed by atoms with Crippen molar-refractivity contribution in [3.05, 3.63) is 109 Å². The van der Waals surface area contributed by atoms with Crippen molar-refractivity contribution in [3.8, 4) is 16.8 Å². The average Bonchev–Trinajstić information content (AvgIpc) is 3.17. The Morgan fingerprint density at radius 1 is 0.562 bits per heavy atom. The molecule has 0 aliphatic rings. The van der Waals surface area contributed by atoms with E-state index in [-0.39, 0.29) is 0 Å². The predicted molar refractivity (Wildman–Crippen MR) is 141 cm³/mol. The fraction of sp³-hybridized carbons (Fsp3) is 0.0667. The number of aromatic nitrogens is 1. The smallest absolute Gasteiger partial charge is 0.169 e. The second-order valence-corrected chi connectivity index (χ2v) is 8.86. The van der Waals surface area contributed by atoms with Crippen molar-refractivity contribution in [1.82, 2.24) is 4.57 Å². The maximum absolute atomic E-state index is 2.41. The standard InChI is InChI=1S/C30H24BN/c1-31(2)23-16-19-28-27-11-5-6-13-29(27)32(30(28)20-23)24-17-14-22(15-18-24)26-12-7-9-21-8-3-4-10-25(21)26/h3-20H,1-2H3. The van der Waals surface area contributed by atoms with Gasteiger partial charge in [0.1, 0.15) is 0 Å². The van der Waals surface area contributed by atoms with Gasteiger partial charge in [-0.1, -0.05) is 104 Å². The molecule has 2 heteroatoms. The minimum absolute atomic E-state index is 0.500. The highest BCUT2D eigenvalue weighted by atomic mass is 15.0. The number of rotatable bonds is 3. The van der Waals surface area contributed by atoms with Crippen LogP contribution in [0.5, 0.6) is 0 Å². The van der Waals surface area contributed by atoms with Gasteiger partial charge < -0.3 is 4.57 Å². The van der Waals surface area contributed by atoms with Gasteiger partial charge in [-0.25, -0.2) is 0 Å². The van der Waals surface area contributed by atoms with Crippen LogP contribution in [-0.2, 0) is 0 Å². The van der Waals surface area contributed by atoms with Crippen LogP contribution in [0.3, 0.4) is 0 Å². The summed E-state index contributed by atoms with van der Waals surface area (Å²) in [7, 11) is 0. The number of fused-ring (bicyclic) bond motifs is 4. The molecule has 5 aromatic carbocycles. The molecule has 0 aliphatic heterocycles. The molecule has 0 bridgehead atoms. The summed E-state index contributed by atoms with van der Waals surface area (Å²) in [6, 6.07) is 39.8. The molecule has 0 aliphatic carbocycles. The average molecular weight is 409 g/mol. The number of para-hydroxylation sites is 1. The lowest BCUT2D eigenvalue weighted by molar-refractivity contribution is 1.18. The minimum atomic E-state index is 0.500. The van der Waals surface area contributed by atoms with E-state index in [1.54, 1.807) is 0 Å². The molecule has 0 radical (unpaired) electrons. The summed E-state index contributed by atoms with van der Waals surface area (Å²) in [5.41, 5.74) is 7.61. The van der Waals surface area contributed by atoms with E-state index < -0.39 is 0 Å². The molecule has 1 heterocycles. The van der Waals surface area contributed by atoms with E-state index in [4.69, 9.17) is 0 Å². The summed E-state index contributed by atoms with van der Waals surface area (Å²) >= 11 is 0. The second kappa shape index (κ2) is 7.42. The first-order valence-corrected chi connectivity index (χ1v) is 11.3. The number of benzene rings is 5. The topological polar surface area (TPSA) is 4.93 Å². The Morgan fingerprint density at radius 3 is 2.06 bits per heavy atom. The van der Waals surface area contributed by atoms with Crippen LogP contribution in [-0.4, -0.2) is 11.3 Å². The molecule has 1 aromatic heterocycles. The fourth-order valence-electron chi connectivity index (χ4n) is 4.89. The zero-order valence-corrected chi connectivity index (χ0v) is 18.4. The van der Waals surface area contributed by atoms with Gasteiger partial charge in [-0.2, -0.15) is 0 Å². The molecule has 0 saturated carbocycles. The number of hydrogen-bond acceptors (Lipinski definition) is 0. The van der Waals surface area contributed by atoms with Crippen molar-refractivity contribution >= 4 is 44.8 Å². The summed E-state index contributed by atoms with van der Waals surface area (Å²) in [5, 5.41) is 5.18. The Balaban J connectivity index is 1.55. The Kier molecular flexibility index (Phi) is 4.40. The first-order valence-electron chi connectivity index (χ1n) is 11.3. The van der Waals surface area contributed by atoms with Gasteiger partial charge in [0.25, 0.3) is 0 Å². The van der Waals surface area contributed by atoms with E-state index in [1.165, 1.54) is 54.9 Å². The van der Waals surface area contributed by atoms with Crippen molar-refractivity contribution in [1.29, 1.82) is 0 Å². The molecule has 0 unspecified atom stereocenters. The molecule has 6 rings (SSSR count). The third-order valence-electron chi connectivity index (χ3n) is 6.59. The Labute approximate surface area is 189 Å². The van der Waals surface area contributed by atoms with E-state index in [0.29, 0.717) is 6.71 Å². The third kappa shape index (κ3) is 2.95. The highest BCUT2D eigenvalue weighted by Gasteiger charge is 2.14. The van der Waals surface area contributed by atoms with E-state index in [1.807, 2.05) is 0 Å². The van der Waals surface area contributed by atoms with Gasteiger partial charge >= 0.3 is 0 Å². The molecule has 6 aromatic rings. The maximum atomic E-state index is 2.41. The predicted octanol–water partition coefficient (Wildman–Crippen LogP) is 7.57. The molecule has 0 N–H and O–H groups in total. The van der Waals surface area contributed by atoms with Crippen LogP contribution in [0.25, 0.3) is 49.4 Å². The lowest BCUT2D eigenvalue weighted by Crippen LogP contribution is -2.22. The van der Waals surface area contributed by atoms with Crippen LogP contribution < -0.4 is 5.46 Å². The molecule has 32 heavy (non-hydrogen) atoms. The van der Waals surface area contributed by atoms with Gasteiger partial charge in [0.2, 0.25) is 0 Å². The molecular formula is C30H24BN. The molecule has 0 fully saturated rings. The van der Waals surface area contributed by atoms with Crippen molar-refractivity contribution in [3.63, 3.8) is 0 Å². The molecule has 152 valence electrons. The van der Waals surface area contributed by atoms with E-state index in [0.717, 1.165) is 0 Å². The van der Waals surface area contributed by atoms with Crippen molar-refractivity contribution < 1.29 is 0 Å². The van der Waals surface area contributed by atoms with Gasteiger partial charge in [-0.05, 0) is 46.2 Å². The zero-order chi connectivity index (χ0) is 21.7. The lowest BCUT2D eigenvalue weighted by atomic mass is 9.49. The fourth-order valence-corrected chi connectivity index (χ4v) is 4.89. The molecule has 0 atom stereocenters. The van der Waals surface area contributed by atoms with Gasteiger partial charge in [-0.3, -0.25) is 0 Å². The normalized spacial score (nSPS) is 11.4. The number of nitrogens with zero attached hydrogens (tertiary/aromatic N) is 1. The van der Waals surface area contributed by atoms with Crippen LogP contribution in [0.1, 0.15) is 0 Å². The monoisotopic (exact) mass is 409 g/mol. The first kappa shape index (κ1) is 19.0. The summed E-state index contributed by atoms with van der Waals surface area (Å²) in [6.07, 6.45) is 0. The summed E-state index contributed by atoms with van der Waals surface area (Å²) in [4.78, 5) is 0. The van der Waals surface area contributed by atoms with Crippen molar-refractivity contribution in [2.45, 2.75) is 13.6 Å². The van der Waals surface area contributed by atoms with E-state index >= 15 is 0 Å². The SMILES string of the molecule is CB(C)c1ccc2c3ccccc3n(-c3ccc(-c4cccc5ccccc45)cc3)c2c1. The highest BCUT2D eigenvalue weighted by molar-refractivity contribution is 6.71. The number of hydrogen-bond donors (Lipinski definition) is 0. The van der Waals surface area contributed by atoms with E-state index in [9.17, 15) is 0 Å². The largest absolute Gasteiger partial charge is 0.309 e. The minimum Gasteiger partial charge on any atom is -0.309 e. The van der Waals surface area contributed by atoms with E-state index in [2.05, 4.69) is 127 Å². The molecule has 0 amide bonds. The summed E-state index contributed by atoms with van der Waals surface area (Å²) < 4.78 is 2.41. The molecular weight excluding hydrogens is 385 g/mol. The van der Waals surface area contributed by atoms with Crippen molar-refractivity contribution in [2.75, 3.05) is 0 Å². The van der Waals surface area contributed by atoms with Gasteiger partial charge in [0, 0.05) is 16.5 Å². The summed E-state index contributed by atoms with van der Waals surface area (Å²) in [6.45, 7) is 5.01. The van der Waals surface area contributed by atoms with Crippen molar-refractivity contribution in [2.24, 2.45) is 0 Å². The van der Waals surface area contributed by atoms with Crippen LogP contribution in [0, 0.1) is 0 Å². The third-order valence-corrected chi connectivity index (χ3v) is 6.59. The van der Waals surface area contributed by atoms with Crippen LogP contribution in [0.2, 0.25) is 13.6 Å². The molecule has 0 spiro atoms. The van der Waals surface area contributed by atoms with Crippen LogP contribution >= 0.6 is 0 Å². The van der Waals surface area contributed by atoms with Crippen LogP contribution in [0.4, 0.5) is 0 Å². The quantitative estimate of drug-likeness (QED) is 0.266. The zero-order valence-electron chi connectivity index (χ0n) is 18.4. The van der Waals surface area contributed by atoms with Crippen LogP contribution in [0.15, 0.2) is 109 Å². The summed E-state index contributed by atoms with van der Waals surface area (Å²) in [5.74, 6) is 0. The first-order chi connectivity index (χ1) is 15.7. The molecule has 1 nitrogen and oxygen atoms in total. The molecule has 0 saturated heterocycles. The van der Waals surface area contributed by atoms with Gasteiger partial charge in [-0.15, -0.1) is 0 Å². The maximum Gasteiger partial charge on any atom is 0.169 e. The highest BCUT2D eigenvalue weighted by Crippen LogP contribution is 2.33. The van der Waals surface area contributed by atoms with Gasteiger partial charge in [0.15, 0.2) is 6.71 Å². The Morgan fingerprint density at radius 2 is 1.25 bits per heavy atom.